The van der Waals surface area contributed by atoms with Crippen LogP contribution in [0, 0.1) is 0 Å². The number of carbonyl (C=O) groups is 3. The Bertz CT molecular complexity index is 1480. The Morgan fingerprint density at radius 3 is 2.62 bits per heavy atom. The predicted octanol–water partition coefficient (Wildman–Crippen LogP) is 5.95. The van der Waals surface area contributed by atoms with E-state index in [-0.39, 0.29) is 24.1 Å². The monoisotopic (exact) mass is 628 g/mol. The predicted molar refractivity (Wildman–Crippen MR) is 157 cm³/mol. The average Bonchev–Trinajstić information content (AvgIpc) is 3.46. The van der Waals surface area contributed by atoms with E-state index in [4.69, 9.17) is 23.2 Å². The van der Waals surface area contributed by atoms with Crippen molar-refractivity contribution in [3.05, 3.63) is 91.9 Å². The molecule has 7 nitrogen and oxygen atoms in total. The Morgan fingerprint density at radius 2 is 1.87 bits per heavy atom. The molecule has 1 fully saturated rings. The lowest BCUT2D eigenvalue weighted by Crippen LogP contribution is -2.47. The van der Waals surface area contributed by atoms with Crippen molar-refractivity contribution >= 4 is 68.2 Å². The van der Waals surface area contributed by atoms with Crippen LogP contribution < -0.4 is 10.6 Å². The van der Waals surface area contributed by atoms with Crippen LogP contribution in [-0.2, 0) is 21.5 Å². The molecule has 3 aromatic carbocycles. The quantitative estimate of drug-likeness (QED) is 0.353. The molecule has 2 N–H and O–H groups in total. The van der Waals surface area contributed by atoms with Crippen LogP contribution in [0.5, 0.6) is 0 Å². The minimum absolute atomic E-state index is 0.106. The van der Waals surface area contributed by atoms with Crippen molar-refractivity contribution in [1.29, 1.82) is 0 Å². The summed E-state index contributed by atoms with van der Waals surface area (Å²) in [5.41, 5.74) is 1.73. The van der Waals surface area contributed by atoms with Gasteiger partial charge in [0.15, 0.2) is 0 Å². The Kier molecular flexibility index (Phi) is 7.64. The third-order valence-corrected chi connectivity index (χ3v) is 8.20. The van der Waals surface area contributed by atoms with E-state index in [2.05, 4.69) is 26.6 Å². The van der Waals surface area contributed by atoms with Gasteiger partial charge in [-0.15, -0.1) is 0 Å². The lowest BCUT2D eigenvalue weighted by Gasteiger charge is -2.32. The van der Waals surface area contributed by atoms with Crippen molar-refractivity contribution in [1.82, 2.24) is 9.80 Å². The number of fused-ring (bicyclic) bond motifs is 1. The number of carbonyl (C=O) groups excluding carboxylic acids is 3. The largest absolute Gasteiger partial charge is 0.367 e. The summed E-state index contributed by atoms with van der Waals surface area (Å²) in [5, 5.41) is 7.47. The molecule has 0 aliphatic carbocycles. The molecule has 2 aliphatic rings. The van der Waals surface area contributed by atoms with Gasteiger partial charge in [-0.1, -0.05) is 57.3 Å². The lowest BCUT2D eigenvalue weighted by atomic mass is 9.84. The van der Waals surface area contributed by atoms with Gasteiger partial charge in [-0.05, 0) is 60.9 Å². The van der Waals surface area contributed by atoms with E-state index >= 15 is 0 Å². The first-order chi connectivity index (χ1) is 18.6. The average molecular weight is 630 g/mol. The topological polar surface area (TPSA) is 81.8 Å². The SMILES string of the molecule is CN(C)C(=O)[C@H]1CCCN1C(=O)c1ccc(Br)cc1NC1(Cc2cccc(Cl)c2)C(=O)Nc2cc(Cl)ccc21. The van der Waals surface area contributed by atoms with Crippen LogP contribution in [0.15, 0.2) is 65.1 Å². The second-order valence-corrected chi connectivity index (χ2v) is 11.8. The number of likely N-dealkylation sites (N-methyl/N-ethyl adjacent to an activating group) is 1. The molecule has 202 valence electrons. The van der Waals surface area contributed by atoms with E-state index in [9.17, 15) is 14.4 Å². The molecule has 0 radical (unpaired) electrons. The Hall–Kier alpha value is -3.07. The molecule has 3 amide bonds. The van der Waals surface area contributed by atoms with Gasteiger partial charge in [0, 0.05) is 58.5 Å². The molecule has 2 aliphatic heterocycles. The molecule has 39 heavy (non-hydrogen) atoms. The summed E-state index contributed by atoms with van der Waals surface area (Å²) in [4.78, 5) is 43.7. The molecule has 0 spiro atoms. The van der Waals surface area contributed by atoms with Crippen molar-refractivity contribution in [3.8, 4) is 0 Å². The molecule has 2 atom stereocenters. The highest BCUT2D eigenvalue weighted by Crippen LogP contribution is 2.43. The molecule has 10 heteroatoms. The van der Waals surface area contributed by atoms with Gasteiger partial charge in [0.05, 0.1) is 5.56 Å². The van der Waals surface area contributed by atoms with Crippen LogP contribution in [0.3, 0.4) is 0 Å². The summed E-state index contributed by atoms with van der Waals surface area (Å²) < 4.78 is 0.733. The maximum absolute atomic E-state index is 13.9. The normalized spacial score (nSPS) is 20.0. The summed E-state index contributed by atoms with van der Waals surface area (Å²) in [5.74, 6) is -0.652. The van der Waals surface area contributed by atoms with Crippen LogP contribution in [0.2, 0.25) is 10.0 Å². The smallest absolute Gasteiger partial charge is 0.256 e. The number of hydrogen-bond acceptors (Lipinski definition) is 4. The van der Waals surface area contributed by atoms with Gasteiger partial charge >= 0.3 is 0 Å². The number of benzene rings is 3. The molecule has 0 saturated carbocycles. The fourth-order valence-electron chi connectivity index (χ4n) is 5.40. The van der Waals surface area contributed by atoms with Crippen LogP contribution >= 0.6 is 39.1 Å². The third-order valence-electron chi connectivity index (χ3n) is 7.24. The first-order valence-corrected chi connectivity index (χ1v) is 14.1. The number of amides is 3. The van der Waals surface area contributed by atoms with Gasteiger partial charge in [0.1, 0.15) is 11.6 Å². The highest BCUT2D eigenvalue weighted by atomic mass is 79.9. The number of nitrogens with one attached hydrogen (secondary N) is 2. The zero-order valence-electron chi connectivity index (χ0n) is 21.4. The fraction of sp³-hybridized carbons (Fsp3) is 0.276. The van der Waals surface area contributed by atoms with Crippen LogP contribution in [0.25, 0.3) is 0 Å². The number of hydrogen-bond donors (Lipinski definition) is 2. The second kappa shape index (κ2) is 10.8. The number of rotatable bonds is 6. The first kappa shape index (κ1) is 27.5. The molecular formula is C29H27BrCl2N4O3. The van der Waals surface area contributed by atoms with Gasteiger partial charge in [-0.3, -0.25) is 14.4 Å². The van der Waals surface area contributed by atoms with E-state index in [1.165, 1.54) is 4.90 Å². The van der Waals surface area contributed by atoms with Crippen molar-refractivity contribution in [2.24, 2.45) is 0 Å². The minimum atomic E-state index is -1.26. The molecule has 5 rings (SSSR count). The van der Waals surface area contributed by atoms with Gasteiger partial charge in [-0.2, -0.15) is 0 Å². The summed E-state index contributed by atoms with van der Waals surface area (Å²) >= 11 is 16.1. The Labute approximate surface area is 245 Å². The summed E-state index contributed by atoms with van der Waals surface area (Å²) in [6.07, 6.45) is 1.61. The highest BCUT2D eigenvalue weighted by Gasteiger charge is 2.48. The molecular weight excluding hydrogens is 603 g/mol. The molecule has 0 bridgehead atoms. The van der Waals surface area contributed by atoms with Gasteiger partial charge < -0.3 is 20.4 Å². The Morgan fingerprint density at radius 1 is 1.10 bits per heavy atom. The van der Waals surface area contributed by atoms with E-state index in [1.807, 2.05) is 24.3 Å². The van der Waals surface area contributed by atoms with Crippen molar-refractivity contribution in [2.75, 3.05) is 31.3 Å². The highest BCUT2D eigenvalue weighted by molar-refractivity contribution is 9.10. The Balaban J connectivity index is 1.60. The van der Waals surface area contributed by atoms with Gasteiger partial charge in [-0.25, -0.2) is 0 Å². The van der Waals surface area contributed by atoms with E-state index in [0.717, 1.165) is 16.5 Å². The molecule has 1 unspecified atom stereocenters. The van der Waals surface area contributed by atoms with Crippen LogP contribution in [-0.4, -0.2) is 54.2 Å². The van der Waals surface area contributed by atoms with Gasteiger partial charge in [0.25, 0.3) is 11.8 Å². The number of likely N-dealkylation sites (tertiary alicyclic amines) is 1. The number of anilines is 2. The van der Waals surface area contributed by atoms with Crippen LogP contribution in [0.1, 0.15) is 34.3 Å². The maximum atomic E-state index is 13.9. The van der Waals surface area contributed by atoms with Crippen molar-refractivity contribution in [2.45, 2.75) is 30.8 Å². The van der Waals surface area contributed by atoms with Crippen molar-refractivity contribution < 1.29 is 14.4 Å². The van der Waals surface area contributed by atoms with Gasteiger partial charge in [0.2, 0.25) is 5.91 Å². The maximum Gasteiger partial charge on any atom is 0.256 e. The molecule has 1 saturated heterocycles. The van der Waals surface area contributed by atoms with E-state index < -0.39 is 11.6 Å². The summed E-state index contributed by atoms with van der Waals surface area (Å²) in [6, 6.07) is 17.4. The standard InChI is InChI=1S/C29H27BrCl2N4O3/c1-35(2)27(38)25-7-4-12-36(25)26(37)21-10-8-18(30)14-23(21)34-29(16-17-5-3-6-19(31)13-17)22-11-9-20(32)15-24(22)33-28(29)39/h3,5-6,8-11,13-15,25,34H,4,7,12,16H2,1-2H3,(H,33,39)/t25-,29?/m1/s1. The zero-order valence-corrected chi connectivity index (χ0v) is 24.5. The summed E-state index contributed by atoms with van der Waals surface area (Å²) in [6.45, 7) is 0.480. The van der Waals surface area contributed by atoms with E-state index in [0.29, 0.717) is 45.5 Å². The van der Waals surface area contributed by atoms with E-state index in [1.54, 1.807) is 55.4 Å². The molecule has 0 aromatic heterocycles. The molecule has 3 aromatic rings. The van der Waals surface area contributed by atoms with Crippen molar-refractivity contribution in [3.63, 3.8) is 0 Å². The lowest BCUT2D eigenvalue weighted by molar-refractivity contribution is -0.132. The third kappa shape index (κ3) is 5.25. The fourth-order valence-corrected chi connectivity index (χ4v) is 6.14. The first-order valence-electron chi connectivity index (χ1n) is 12.5. The summed E-state index contributed by atoms with van der Waals surface area (Å²) in [7, 11) is 3.38. The zero-order chi connectivity index (χ0) is 27.9. The minimum Gasteiger partial charge on any atom is -0.367 e. The molecule has 2 heterocycles. The number of halogens is 3. The van der Waals surface area contributed by atoms with Crippen LogP contribution in [0.4, 0.5) is 11.4 Å². The number of nitrogens with zero attached hydrogens (tertiary/aromatic N) is 2. The second-order valence-electron chi connectivity index (χ2n) is 10.1.